The van der Waals surface area contributed by atoms with E-state index < -0.39 is 5.97 Å². The number of rotatable bonds is 3. The lowest BCUT2D eigenvalue weighted by atomic mass is 9.82. The first-order valence-corrected chi connectivity index (χ1v) is 5.64. The molecule has 1 heterocycles. The predicted octanol–water partition coefficient (Wildman–Crippen LogP) is 1.05. The molecule has 1 fully saturated rings. The standard InChI is InChI=1S/C10H16N4O2/c1-7-2-4-8(5-3-7)10-11-12-13-14(10)6-9(15)16/h7-8H,2-6H2,1H3,(H,15,16). The van der Waals surface area contributed by atoms with Crippen LogP contribution in [-0.4, -0.2) is 31.3 Å². The molecule has 1 aliphatic carbocycles. The van der Waals surface area contributed by atoms with Crippen LogP contribution in [0.15, 0.2) is 0 Å². The van der Waals surface area contributed by atoms with Crippen molar-refractivity contribution in [2.24, 2.45) is 5.92 Å². The lowest BCUT2D eigenvalue weighted by Gasteiger charge is -2.24. The number of carboxylic acid groups (broad SMARTS) is 1. The van der Waals surface area contributed by atoms with E-state index in [1.807, 2.05) is 0 Å². The second-order valence-electron chi connectivity index (χ2n) is 4.55. The van der Waals surface area contributed by atoms with E-state index in [0.717, 1.165) is 24.6 Å². The van der Waals surface area contributed by atoms with Crippen molar-refractivity contribution in [1.29, 1.82) is 0 Å². The largest absolute Gasteiger partial charge is 0.480 e. The summed E-state index contributed by atoms with van der Waals surface area (Å²) >= 11 is 0. The van der Waals surface area contributed by atoms with Gasteiger partial charge in [0, 0.05) is 5.92 Å². The number of nitrogens with zero attached hydrogens (tertiary/aromatic N) is 4. The first kappa shape index (κ1) is 11.0. The molecule has 0 radical (unpaired) electrons. The van der Waals surface area contributed by atoms with Crippen molar-refractivity contribution in [3.63, 3.8) is 0 Å². The number of tetrazole rings is 1. The molecule has 88 valence electrons. The Morgan fingerprint density at radius 1 is 1.44 bits per heavy atom. The number of carbonyl (C=O) groups is 1. The van der Waals surface area contributed by atoms with Gasteiger partial charge in [0.2, 0.25) is 0 Å². The summed E-state index contributed by atoms with van der Waals surface area (Å²) in [5.41, 5.74) is 0. The van der Waals surface area contributed by atoms with E-state index in [9.17, 15) is 4.79 Å². The molecule has 0 spiro atoms. The molecule has 6 heteroatoms. The monoisotopic (exact) mass is 224 g/mol. The van der Waals surface area contributed by atoms with Crippen LogP contribution in [0.1, 0.15) is 44.3 Å². The second kappa shape index (κ2) is 4.59. The molecule has 0 unspecified atom stereocenters. The molecule has 0 atom stereocenters. The fourth-order valence-electron chi connectivity index (χ4n) is 2.26. The van der Waals surface area contributed by atoms with Gasteiger partial charge in [-0.15, -0.1) is 5.10 Å². The maximum atomic E-state index is 10.6. The Morgan fingerprint density at radius 3 is 2.75 bits per heavy atom. The minimum atomic E-state index is -0.905. The van der Waals surface area contributed by atoms with Crippen molar-refractivity contribution >= 4 is 5.97 Å². The van der Waals surface area contributed by atoms with Crippen LogP contribution in [-0.2, 0) is 11.3 Å². The van der Waals surface area contributed by atoms with Crippen LogP contribution in [0.3, 0.4) is 0 Å². The summed E-state index contributed by atoms with van der Waals surface area (Å²) < 4.78 is 1.41. The van der Waals surface area contributed by atoms with Gasteiger partial charge in [-0.3, -0.25) is 4.79 Å². The fourth-order valence-corrected chi connectivity index (χ4v) is 2.26. The molecule has 1 aromatic rings. The predicted molar refractivity (Wildman–Crippen MR) is 55.8 cm³/mol. The Labute approximate surface area is 93.6 Å². The van der Waals surface area contributed by atoms with E-state index in [1.165, 1.54) is 17.5 Å². The van der Waals surface area contributed by atoms with Crippen LogP contribution in [0.2, 0.25) is 0 Å². The fraction of sp³-hybridized carbons (Fsp3) is 0.800. The zero-order valence-corrected chi connectivity index (χ0v) is 9.33. The van der Waals surface area contributed by atoms with Gasteiger partial charge in [0.25, 0.3) is 0 Å². The van der Waals surface area contributed by atoms with E-state index in [4.69, 9.17) is 5.11 Å². The van der Waals surface area contributed by atoms with Gasteiger partial charge in [-0.25, -0.2) is 4.68 Å². The van der Waals surface area contributed by atoms with Gasteiger partial charge < -0.3 is 5.11 Å². The molecule has 0 bridgehead atoms. The Hall–Kier alpha value is -1.46. The molecule has 1 aliphatic rings. The molecule has 1 N–H and O–H groups in total. The summed E-state index contributed by atoms with van der Waals surface area (Å²) in [7, 11) is 0. The molecule has 1 aromatic heterocycles. The quantitative estimate of drug-likeness (QED) is 0.830. The molecule has 6 nitrogen and oxygen atoms in total. The number of aromatic nitrogens is 4. The van der Waals surface area contributed by atoms with Crippen LogP contribution in [0.5, 0.6) is 0 Å². The maximum Gasteiger partial charge on any atom is 0.325 e. The SMILES string of the molecule is CC1CCC(c2nnnn2CC(=O)O)CC1. The van der Waals surface area contributed by atoms with Crippen molar-refractivity contribution in [3.8, 4) is 0 Å². The summed E-state index contributed by atoms with van der Waals surface area (Å²) in [5, 5.41) is 20.0. The molecule has 16 heavy (non-hydrogen) atoms. The average molecular weight is 224 g/mol. The number of hydrogen-bond acceptors (Lipinski definition) is 4. The van der Waals surface area contributed by atoms with Gasteiger partial charge in [-0.1, -0.05) is 19.8 Å². The average Bonchev–Trinajstić information content (AvgIpc) is 2.66. The number of hydrogen-bond donors (Lipinski definition) is 1. The zero-order valence-electron chi connectivity index (χ0n) is 9.33. The molecular weight excluding hydrogens is 208 g/mol. The van der Waals surface area contributed by atoms with E-state index in [2.05, 4.69) is 22.4 Å². The highest BCUT2D eigenvalue weighted by molar-refractivity contribution is 5.66. The van der Waals surface area contributed by atoms with Crippen LogP contribution in [0, 0.1) is 5.92 Å². The van der Waals surface area contributed by atoms with Crippen molar-refractivity contribution < 1.29 is 9.90 Å². The highest BCUT2D eigenvalue weighted by atomic mass is 16.4. The Morgan fingerprint density at radius 2 is 2.12 bits per heavy atom. The summed E-state index contributed by atoms with van der Waals surface area (Å²) in [6, 6.07) is 0. The van der Waals surface area contributed by atoms with Gasteiger partial charge >= 0.3 is 5.97 Å². The summed E-state index contributed by atoms with van der Waals surface area (Å²) in [6.45, 7) is 2.10. The van der Waals surface area contributed by atoms with Crippen LogP contribution >= 0.6 is 0 Å². The molecule has 2 rings (SSSR count). The minimum Gasteiger partial charge on any atom is -0.480 e. The van der Waals surface area contributed by atoms with Crippen LogP contribution < -0.4 is 0 Å². The molecule has 0 saturated heterocycles. The van der Waals surface area contributed by atoms with Crippen molar-refractivity contribution in [2.45, 2.75) is 45.1 Å². The van der Waals surface area contributed by atoms with Crippen LogP contribution in [0.4, 0.5) is 0 Å². The molecule has 0 amide bonds. The summed E-state index contributed by atoms with van der Waals surface area (Å²) in [5.74, 6) is 0.914. The first-order chi connectivity index (χ1) is 7.66. The maximum absolute atomic E-state index is 10.6. The van der Waals surface area contributed by atoms with E-state index in [1.54, 1.807) is 0 Å². The van der Waals surface area contributed by atoms with Crippen molar-refractivity contribution in [1.82, 2.24) is 20.2 Å². The summed E-state index contributed by atoms with van der Waals surface area (Å²) in [6.07, 6.45) is 4.46. The van der Waals surface area contributed by atoms with E-state index in [0.29, 0.717) is 5.92 Å². The highest BCUT2D eigenvalue weighted by Gasteiger charge is 2.24. The number of carboxylic acids is 1. The van der Waals surface area contributed by atoms with Gasteiger partial charge in [0.15, 0.2) is 5.82 Å². The third-order valence-electron chi connectivity index (χ3n) is 3.23. The lowest BCUT2D eigenvalue weighted by molar-refractivity contribution is -0.138. The Bertz CT molecular complexity index is 369. The first-order valence-electron chi connectivity index (χ1n) is 5.64. The minimum absolute atomic E-state index is 0.144. The molecule has 0 aliphatic heterocycles. The lowest BCUT2D eigenvalue weighted by Crippen LogP contribution is -2.19. The Kier molecular flexibility index (Phi) is 3.17. The third-order valence-corrected chi connectivity index (χ3v) is 3.23. The van der Waals surface area contributed by atoms with Gasteiger partial charge in [0.05, 0.1) is 0 Å². The van der Waals surface area contributed by atoms with Gasteiger partial charge in [-0.2, -0.15) is 0 Å². The third kappa shape index (κ3) is 2.37. The number of aliphatic carboxylic acids is 1. The van der Waals surface area contributed by atoms with E-state index in [-0.39, 0.29) is 6.54 Å². The zero-order chi connectivity index (χ0) is 11.5. The smallest absolute Gasteiger partial charge is 0.325 e. The normalized spacial score (nSPS) is 25.6. The molecule has 0 aromatic carbocycles. The van der Waals surface area contributed by atoms with Crippen molar-refractivity contribution in [3.05, 3.63) is 5.82 Å². The Balaban J connectivity index is 2.08. The second-order valence-corrected chi connectivity index (χ2v) is 4.55. The topological polar surface area (TPSA) is 80.9 Å². The molecule has 1 saturated carbocycles. The summed E-state index contributed by atoms with van der Waals surface area (Å²) in [4.78, 5) is 10.6. The highest BCUT2D eigenvalue weighted by Crippen LogP contribution is 2.34. The van der Waals surface area contributed by atoms with E-state index >= 15 is 0 Å². The van der Waals surface area contributed by atoms with Crippen molar-refractivity contribution in [2.75, 3.05) is 0 Å². The van der Waals surface area contributed by atoms with Gasteiger partial charge in [0.1, 0.15) is 6.54 Å². The molecular formula is C10H16N4O2. The van der Waals surface area contributed by atoms with Gasteiger partial charge in [-0.05, 0) is 29.2 Å². The van der Waals surface area contributed by atoms with Crippen LogP contribution in [0.25, 0.3) is 0 Å².